The molecule has 0 aliphatic rings. The van der Waals surface area contributed by atoms with Crippen LogP contribution in [0.3, 0.4) is 0 Å². The van der Waals surface area contributed by atoms with Gasteiger partial charge >= 0.3 is 6.03 Å². The zero-order valence-corrected chi connectivity index (χ0v) is 17.0. The molecular formula is C19H28N4OS. The van der Waals surface area contributed by atoms with Crippen molar-refractivity contribution in [1.82, 2.24) is 15.3 Å². The van der Waals surface area contributed by atoms with Gasteiger partial charge in [0.1, 0.15) is 10.0 Å². The number of aromatic nitrogens is 2. The van der Waals surface area contributed by atoms with Crippen molar-refractivity contribution in [1.29, 1.82) is 0 Å². The van der Waals surface area contributed by atoms with Gasteiger partial charge in [0, 0.05) is 30.0 Å². The number of aryl methyl sites for hydroxylation is 1. The molecule has 0 aliphatic heterocycles. The molecule has 0 saturated heterocycles. The Morgan fingerprint density at radius 3 is 2.52 bits per heavy atom. The highest BCUT2D eigenvalue weighted by molar-refractivity contribution is 7.19. The molecule has 0 saturated carbocycles. The lowest BCUT2D eigenvalue weighted by atomic mass is 10.1. The Morgan fingerprint density at radius 2 is 2.00 bits per heavy atom. The lowest BCUT2D eigenvalue weighted by Crippen LogP contribution is -2.47. The van der Waals surface area contributed by atoms with E-state index in [1.165, 1.54) is 11.3 Å². The second kappa shape index (κ2) is 7.52. The van der Waals surface area contributed by atoms with Crippen molar-refractivity contribution in [2.75, 3.05) is 11.9 Å². The lowest BCUT2D eigenvalue weighted by Gasteiger charge is -2.25. The van der Waals surface area contributed by atoms with Gasteiger partial charge in [0.2, 0.25) is 0 Å². The van der Waals surface area contributed by atoms with Gasteiger partial charge in [0.15, 0.2) is 0 Å². The third kappa shape index (κ3) is 5.26. The standard InChI is InChI=1S/C19H28N4OS/c1-12(2)10-15-9-8-14(11-20-15)16-21-13(3)17(25-16)23(7)18(24)22-19(4,5)6/h8-9,11-12H,10H2,1-7H3,(H,22,24). The number of hydrogen-bond donors (Lipinski definition) is 1. The van der Waals surface area contributed by atoms with Crippen LogP contribution in [0.5, 0.6) is 0 Å². The first-order valence-corrected chi connectivity index (χ1v) is 9.37. The van der Waals surface area contributed by atoms with Gasteiger partial charge in [-0.2, -0.15) is 0 Å². The van der Waals surface area contributed by atoms with Gasteiger partial charge in [0.25, 0.3) is 0 Å². The molecule has 2 aromatic rings. The van der Waals surface area contributed by atoms with Crippen LogP contribution >= 0.6 is 11.3 Å². The van der Waals surface area contributed by atoms with E-state index in [-0.39, 0.29) is 11.6 Å². The van der Waals surface area contributed by atoms with E-state index >= 15 is 0 Å². The fourth-order valence-electron chi connectivity index (χ4n) is 2.41. The summed E-state index contributed by atoms with van der Waals surface area (Å²) in [6.45, 7) is 12.2. The Morgan fingerprint density at radius 1 is 1.32 bits per heavy atom. The van der Waals surface area contributed by atoms with E-state index < -0.39 is 0 Å². The van der Waals surface area contributed by atoms with Gasteiger partial charge in [-0.1, -0.05) is 25.2 Å². The quantitative estimate of drug-likeness (QED) is 0.863. The van der Waals surface area contributed by atoms with Gasteiger partial charge in [-0.25, -0.2) is 9.78 Å². The van der Waals surface area contributed by atoms with Crippen LogP contribution in [0.2, 0.25) is 0 Å². The fourth-order valence-corrected chi connectivity index (χ4v) is 3.43. The molecule has 0 spiro atoms. The molecule has 2 rings (SSSR count). The maximum atomic E-state index is 12.4. The van der Waals surface area contributed by atoms with Gasteiger partial charge in [-0.15, -0.1) is 0 Å². The van der Waals surface area contributed by atoms with Crippen molar-refractivity contribution in [3.8, 4) is 10.6 Å². The van der Waals surface area contributed by atoms with Crippen LogP contribution in [0.1, 0.15) is 46.0 Å². The summed E-state index contributed by atoms with van der Waals surface area (Å²) in [6.07, 6.45) is 2.84. The smallest absolute Gasteiger partial charge is 0.322 e. The van der Waals surface area contributed by atoms with Crippen LogP contribution in [-0.2, 0) is 6.42 Å². The topological polar surface area (TPSA) is 58.1 Å². The molecule has 136 valence electrons. The molecule has 2 amide bonds. The molecule has 5 nitrogen and oxygen atoms in total. The van der Waals surface area contributed by atoms with Crippen LogP contribution in [0.15, 0.2) is 18.3 Å². The predicted molar refractivity (Wildman–Crippen MR) is 105 cm³/mol. The number of nitrogens with zero attached hydrogens (tertiary/aromatic N) is 3. The zero-order chi connectivity index (χ0) is 18.8. The molecule has 6 heteroatoms. The molecule has 25 heavy (non-hydrogen) atoms. The Labute approximate surface area is 154 Å². The van der Waals surface area contributed by atoms with E-state index in [1.807, 2.05) is 33.9 Å². The average Bonchev–Trinajstić information content (AvgIpc) is 2.86. The van der Waals surface area contributed by atoms with Crippen LogP contribution in [0, 0.1) is 12.8 Å². The van der Waals surface area contributed by atoms with Crippen molar-refractivity contribution in [3.05, 3.63) is 29.7 Å². The Balaban J connectivity index is 2.20. The number of pyridine rings is 1. The minimum Gasteiger partial charge on any atom is -0.333 e. The molecule has 0 bridgehead atoms. The number of carbonyl (C=O) groups is 1. The number of anilines is 1. The van der Waals surface area contributed by atoms with Crippen molar-refractivity contribution < 1.29 is 4.79 Å². The van der Waals surface area contributed by atoms with Crippen LogP contribution in [-0.4, -0.2) is 28.6 Å². The van der Waals surface area contributed by atoms with Gasteiger partial charge in [0.05, 0.1) is 5.69 Å². The summed E-state index contributed by atoms with van der Waals surface area (Å²) >= 11 is 1.51. The third-order valence-electron chi connectivity index (χ3n) is 3.55. The molecule has 0 fully saturated rings. The monoisotopic (exact) mass is 360 g/mol. The van der Waals surface area contributed by atoms with E-state index in [1.54, 1.807) is 11.9 Å². The van der Waals surface area contributed by atoms with Crippen LogP contribution in [0.4, 0.5) is 9.80 Å². The summed E-state index contributed by atoms with van der Waals surface area (Å²) in [6, 6.07) is 3.99. The van der Waals surface area contributed by atoms with Crippen molar-refractivity contribution in [2.45, 2.75) is 53.5 Å². The Kier molecular flexibility index (Phi) is 5.83. The minimum absolute atomic E-state index is 0.129. The number of hydrogen-bond acceptors (Lipinski definition) is 4. The molecule has 0 aromatic carbocycles. The summed E-state index contributed by atoms with van der Waals surface area (Å²) in [4.78, 5) is 23.2. The normalized spacial score (nSPS) is 11.7. The van der Waals surface area contributed by atoms with Crippen molar-refractivity contribution in [3.63, 3.8) is 0 Å². The summed E-state index contributed by atoms with van der Waals surface area (Å²) < 4.78 is 0. The van der Waals surface area contributed by atoms with Crippen molar-refractivity contribution >= 4 is 22.4 Å². The minimum atomic E-state index is -0.275. The number of urea groups is 1. The molecule has 1 N–H and O–H groups in total. The van der Waals surface area contributed by atoms with Gasteiger partial charge in [-0.3, -0.25) is 9.88 Å². The highest BCUT2D eigenvalue weighted by atomic mass is 32.1. The largest absolute Gasteiger partial charge is 0.333 e. The third-order valence-corrected chi connectivity index (χ3v) is 4.84. The number of nitrogens with one attached hydrogen (secondary N) is 1. The van der Waals surface area contributed by atoms with Gasteiger partial charge in [-0.05, 0) is 52.2 Å². The van der Waals surface area contributed by atoms with E-state index in [4.69, 9.17) is 0 Å². The summed E-state index contributed by atoms with van der Waals surface area (Å²) in [7, 11) is 1.77. The van der Waals surface area contributed by atoms with E-state index in [9.17, 15) is 4.79 Å². The van der Waals surface area contributed by atoms with E-state index in [0.717, 1.165) is 33.4 Å². The Hall–Kier alpha value is -1.95. The molecular weight excluding hydrogens is 332 g/mol. The van der Waals surface area contributed by atoms with Crippen LogP contribution in [0.25, 0.3) is 10.6 Å². The first-order chi connectivity index (χ1) is 11.6. The molecule has 0 aliphatic carbocycles. The summed E-state index contributed by atoms with van der Waals surface area (Å²) in [5, 5.41) is 4.70. The highest BCUT2D eigenvalue weighted by Crippen LogP contribution is 2.33. The molecule has 2 aromatic heterocycles. The number of amides is 2. The van der Waals surface area contributed by atoms with Crippen LogP contribution < -0.4 is 10.2 Å². The summed E-state index contributed by atoms with van der Waals surface area (Å²) in [5.74, 6) is 0.585. The highest BCUT2D eigenvalue weighted by Gasteiger charge is 2.22. The average molecular weight is 361 g/mol. The first kappa shape index (κ1) is 19.4. The molecule has 0 atom stereocenters. The second-order valence-electron chi connectivity index (χ2n) is 7.78. The van der Waals surface area contributed by atoms with E-state index in [2.05, 4.69) is 41.3 Å². The maximum Gasteiger partial charge on any atom is 0.322 e. The first-order valence-electron chi connectivity index (χ1n) is 8.55. The van der Waals surface area contributed by atoms with E-state index in [0.29, 0.717) is 5.92 Å². The lowest BCUT2D eigenvalue weighted by molar-refractivity contribution is 0.239. The number of rotatable bonds is 4. The predicted octanol–water partition coefficient (Wildman–Crippen LogP) is 4.66. The number of thiazole rings is 1. The molecule has 0 radical (unpaired) electrons. The number of carbonyl (C=O) groups excluding carboxylic acids is 1. The van der Waals surface area contributed by atoms with Gasteiger partial charge < -0.3 is 5.32 Å². The SMILES string of the molecule is Cc1nc(-c2ccc(CC(C)C)nc2)sc1N(C)C(=O)NC(C)(C)C. The maximum absolute atomic E-state index is 12.4. The second-order valence-corrected chi connectivity index (χ2v) is 8.76. The Bertz CT molecular complexity index is 729. The summed E-state index contributed by atoms with van der Waals surface area (Å²) in [5.41, 5.74) is 2.64. The zero-order valence-electron chi connectivity index (χ0n) is 16.2. The molecule has 0 unspecified atom stereocenters. The van der Waals surface area contributed by atoms with Crippen molar-refractivity contribution in [2.24, 2.45) is 5.92 Å². The molecule has 2 heterocycles. The fraction of sp³-hybridized carbons (Fsp3) is 0.526.